The number of nitrogens with one attached hydrogen (secondary N) is 1. The van der Waals surface area contributed by atoms with Crippen LogP contribution in [-0.2, 0) is 6.54 Å². The molecule has 2 N–H and O–H groups in total. The standard InChI is InChI=1S/C17H22ClNO.ClH/c18-15-4-2-1-3-14(15)10-19-16-6-12-5-13(7-16)9-17(20,8-12)11-16;/h1-4,12-13,19-20H,5-11H2;1H. The molecule has 0 radical (unpaired) electrons. The Balaban J connectivity index is 0.00000132. The van der Waals surface area contributed by atoms with Crippen LogP contribution in [0.4, 0.5) is 0 Å². The van der Waals surface area contributed by atoms with E-state index in [9.17, 15) is 5.11 Å². The molecule has 4 bridgehead atoms. The maximum atomic E-state index is 10.8. The number of halogens is 2. The molecule has 0 heterocycles. The highest BCUT2D eigenvalue weighted by molar-refractivity contribution is 6.31. The molecule has 4 fully saturated rings. The molecule has 1 aromatic carbocycles. The van der Waals surface area contributed by atoms with Gasteiger partial charge in [-0.3, -0.25) is 0 Å². The lowest BCUT2D eigenvalue weighted by molar-refractivity contribution is -0.142. The van der Waals surface area contributed by atoms with Crippen LogP contribution in [0.5, 0.6) is 0 Å². The van der Waals surface area contributed by atoms with E-state index in [2.05, 4.69) is 11.4 Å². The summed E-state index contributed by atoms with van der Waals surface area (Å²) in [5.41, 5.74) is 0.923. The topological polar surface area (TPSA) is 32.3 Å². The molecule has 2 nitrogen and oxygen atoms in total. The minimum absolute atomic E-state index is 0. The van der Waals surface area contributed by atoms with E-state index < -0.39 is 5.60 Å². The van der Waals surface area contributed by atoms with E-state index >= 15 is 0 Å². The maximum Gasteiger partial charge on any atom is 0.0670 e. The van der Waals surface area contributed by atoms with Crippen molar-refractivity contribution < 1.29 is 5.11 Å². The average molecular weight is 328 g/mol. The van der Waals surface area contributed by atoms with Crippen molar-refractivity contribution in [3.8, 4) is 0 Å². The molecule has 4 saturated carbocycles. The summed E-state index contributed by atoms with van der Waals surface area (Å²) in [7, 11) is 0. The van der Waals surface area contributed by atoms with Gasteiger partial charge in [0.2, 0.25) is 0 Å². The van der Waals surface area contributed by atoms with Crippen molar-refractivity contribution in [3.63, 3.8) is 0 Å². The fraction of sp³-hybridized carbons (Fsp3) is 0.647. The molecule has 4 aliphatic carbocycles. The minimum atomic E-state index is -0.391. The van der Waals surface area contributed by atoms with Crippen LogP contribution < -0.4 is 5.32 Å². The first-order valence-corrected chi connectivity index (χ1v) is 8.15. The van der Waals surface area contributed by atoms with Crippen molar-refractivity contribution in [2.75, 3.05) is 0 Å². The highest BCUT2D eigenvalue weighted by Gasteiger charge is 2.56. The number of rotatable bonds is 3. The molecule has 0 aliphatic heterocycles. The number of benzene rings is 1. The van der Waals surface area contributed by atoms with Gasteiger partial charge < -0.3 is 10.4 Å². The molecule has 4 aliphatic rings. The third-order valence-corrected chi connectivity index (χ3v) is 6.01. The lowest BCUT2D eigenvalue weighted by atomic mass is 9.51. The summed E-state index contributed by atoms with van der Waals surface area (Å²) in [6.45, 7) is 0.815. The van der Waals surface area contributed by atoms with E-state index in [0.717, 1.165) is 48.2 Å². The van der Waals surface area contributed by atoms with Crippen molar-refractivity contribution in [1.82, 2.24) is 5.32 Å². The molecule has 4 heteroatoms. The Hall–Kier alpha value is -0.280. The second kappa shape index (κ2) is 5.42. The van der Waals surface area contributed by atoms with Gasteiger partial charge in [-0.1, -0.05) is 29.8 Å². The van der Waals surface area contributed by atoms with Crippen molar-refractivity contribution >= 4 is 24.0 Å². The molecule has 5 rings (SSSR count). The van der Waals surface area contributed by atoms with Gasteiger partial charge in [0, 0.05) is 17.1 Å². The van der Waals surface area contributed by atoms with E-state index in [1.807, 2.05) is 18.2 Å². The van der Waals surface area contributed by atoms with Crippen LogP contribution in [0.3, 0.4) is 0 Å². The van der Waals surface area contributed by atoms with Gasteiger partial charge in [0.05, 0.1) is 5.60 Å². The summed E-state index contributed by atoms with van der Waals surface area (Å²) < 4.78 is 0. The third kappa shape index (κ3) is 2.84. The van der Waals surface area contributed by atoms with Gasteiger partial charge in [-0.15, -0.1) is 12.4 Å². The zero-order valence-electron chi connectivity index (χ0n) is 12.1. The lowest BCUT2D eigenvalue weighted by Gasteiger charge is -2.60. The summed E-state index contributed by atoms with van der Waals surface area (Å²) in [6, 6.07) is 8.05. The Bertz CT molecular complexity index is 519. The highest BCUT2D eigenvalue weighted by Crippen LogP contribution is 2.57. The summed E-state index contributed by atoms with van der Waals surface area (Å²) in [5, 5.41) is 15.4. The zero-order chi connectivity index (χ0) is 13.8. The predicted octanol–water partition coefficient (Wildman–Crippen LogP) is 3.94. The first kappa shape index (κ1) is 15.6. The summed E-state index contributed by atoms with van der Waals surface area (Å²) >= 11 is 6.25. The van der Waals surface area contributed by atoms with Crippen LogP contribution in [0.1, 0.15) is 44.1 Å². The second-order valence-corrected chi connectivity index (χ2v) is 7.82. The SMILES string of the molecule is Cl.OC12CC3CC(C1)CC(NCc1ccccc1Cl)(C3)C2. The van der Waals surface area contributed by atoms with Crippen LogP contribution in [0.15, 0.2) is 24.3 Å². The predicted molar refractivity (Wildman–Crippen MR) is 87.9 cm³/mol. The van der Waals surface area contributed by atoms with Crippen molar-refractivity contribution in [1.29, 1.82) is 0 Å². The van der Waals surface area contributed by atoms with E-state index in [-0.39, 0.29) is 17.9 Å². The first-order valence-electron chi connectivity index (χ1n) is 7.77. The highest BCUT2D eigenvalue weighted by atomic mass is 35.5. The molecule has 0 saturated heterocycles. The van der Waals surface area contributed by atoms with E-state index in [4.69, 9.17) is 11.6 Å². The molecular weight excluding hydrogens is 305 g/mol. The fourth-order valence-electron chi connectivity index (χ4n) is 5.35. The number of hydrogen-bond acceptors (Lipinski definition) is 2. The molecule has 1 aromatic rings. The molecule has 0 amide bonds. The van der Waals surface area contributed by atoms with Crippen LogP contribution >= 0.6 is 24.0 Å². The Kier molecular flexibility index (Phi) is 4.03. The Labute approximate surface area is 137 Å². The summed E-state index contributed by atoms with van der Waals surface area (Å²) in [6.07, 6.45) is 6.78. The number of hydrogen-bond donors (Lipinski definition) is 2. The Morgan fingerprint density at radius 3 is 2.43 bits per heavy atom. The maximum absolute atomic E-state index is 10.8. The van der Waals surface area contributed by atoms with Crippen LogP contribution in [0, 0.1) is 11.8 Å². The summed E-state index contributed by atoms with van der Waals surface area (Å²) in [4.78, 5) is 0. The summed E-state index contributed by atoms with van der Waals surface area (Å²) in [5.74, 6) is 1.44. The van der Waals surface area contributed by atoms with Crippen molar-refractivity contribution in [3.05, 3.63) is 34.9 Å². The van der Waals surface area contributed by atoms with Gasteiger partial charge in [0.25, 0.3) is 0 Å². The average Bonchev–Trinajstić information content (AvgIpc) is 2.35. The monoisotopic (exact) mass is 327 g/mol. The molecular formula is C17H23Cl2NO. The largest absolute Gasteiger partial charge is 0.390 e. The minimum Gasteiger partial charge on any atom is -0.390 e. The third-order valence-electron chi connectivity index (χ3n) is 5.64. The van der Waals surface area contributed by atoms with Crippen LogP contribution in [-0.4, -0.2) is 16.2 Å². The second-order valence-electron chi connectivity index (χ2n) is 7.41. The van der Waals surface area contributed by atoms with E-state index in [1.165, 1.54) is 19.3 Å². The van der Waals surface area contributed by atoms with E-state index in [0.29, 0.717) is 0 Å². The molecule has 2 atom stereocenters. The zero-order valence-corrected chi connectivity index (χ0v) is 13.7. The lowest BCUT2D eigenvalue weighted by Crippen LogP contribution is -2.64. The van der Waals surface area contributed by atoms with Gasteiger partial charge >= 0.3 is 0 Å². The molecule has 0 aromatic heterocycles. The first-order chi connectivity index (χ1) is 9.56. The van der Waals surface area contributed by atoms with Gasteiger partial charge in [-0.05, 0) is 62.0 Å². The fourth-order valence-corrected chi connectivity index (χ4v) is 5.55. The quantitative estimate of drug-likeness (QED) is 0.881. The Morgan fingerprint density at radius 2 is 1.81 bits per heavy atom. The van der Waals surface area contributed by atoms with Crippen LogP contribution in [0.25, 0.3) is 0 Å². The molecule has 2 unspecified atom stereocenters. The Morgan fingerprint density at radius 1 is 1.14 bits per heavy atom. The van der Waals surface area contributed by atoms with Gasteiger partial charge in [-0.25, -0.2) is 0 Å². The number of aliphatic hydroxyl groups is 1. The van der Waals surface area contributed by atoms with Crippen molar-refractivity contribution in [2.24, 2.45) is 11.8 Å². The molecule has 116 valence electrons. The smallest absolute Gasteiger partial charge is 0.0670 e. The molecule has 0 spiro atoms. The normalized spacial score (nSPS) is 40.1. The van der Waals surface area contributed by atoms with Gasteiger partial charge in [0.1, 0.15) is 0 Å². The molecule has 21 heavy (non-hydrogen) atoms. The van der Waals surface area contributed by atoms with Gasteiger partial charge in [0.15, 0.2) is 0 Å². The van der Waals surface area contributed by atoms with E-state index in [1.54, 1.807) is 0 Å². The van der Waals surface area contributed by atoms with Gasteiger partial charge in [-0.2, -0.15) is 0 Å². The van der Waals surface area contributed by atoms with Crippen molar-refractivity contribution in [2.45, 2.75) is 56.2 Å². The van der Waals surface area contributed by atoms with Crippen LogP contribution in [0.2, 0.25) is 5.02 Å².